The molecule has 1 N–H and O–H groups in total. The first-order chi connectivity index (χ1) is 9.04. The zero-order valence-corrected chi connectivity index (χ0v) is 11.0. The normalized spacial score (nSPS) is 11.8. The number of rotatable bonds is 3. The highest BCUT2D eigenvalue weighted by molar-refractivity contribution is 6.25. The molecule has 0 aliphatic heterocycles. The number of nitrogens with zero attached hydrogens (tertiary/aromatic N) is 1. The van der Waals surface area contributed by atoms with Gasteiger partial charge in [-0.2, -0.15) is 0 Å². The van der Waals surface area contributed by atoms with Crippen LogP contribution >= 0.6 is 11.6 Å². The fourth-order valence-electron chi connectivity index (χ4n) is 1.96. The number of halogens is 1. The number of carboxylic acids is 1. The molecule has 0 amide bonds. The second-order valence-electron chi connectivity index (χ2n) is 4.26. The van der Waals surface area contributed by atoms with Crippen LogP contribution in [0.25, 0.3) is 10.9 Å². The van der Waals surface area contributed by atoms with E-state index in [0.29, 0.717) is 17.4 Å². The first-order valence-corrected chi connectivity index (χ1v) is 6.10. The van der Waals surface area contributed by atoms with Gasteiger partial charge in [0.25, 0.3) is 5.56 Å². The zero-order valence-electron chi connectivity index (χ0n) is 10.3. The van der Waals surface area contributed by atoms with Gasteiger partial charge in [0, 0.05) is 23.5 Å². The molecule has 0 aliphatic carbocycles. The average molecular weight is 278 g/mol. The maximum Gasteiger partial charge on any atom is 0.336 e. The first kappa shape index (κ1) is 13.4. The van der Waals surface area contributed by atoms with Gasteiger partial charge in [-0.1, -0.05) is 29.8 Å². The van der Waals surface area contributed by atoms with Crippen LogP contribution in [0.4, 0.5) is 0 Å². The molecule has 0 fully saturated rings. The minimum absolute atomic E-state index is 0.0179. The topological polar surface area (TPSA) is 59.3 Å². The van der Waals surface area contributed by atoms with Crippen LogP contribution in [0.2, 0.25) is 0 Å². The predicted molar refractivity (Wildman–Crippen MR) is 74.8 cm³/mol. The van der Waals surface area contributed by atoms with E-state index in [2.05, 4.69) is 0 Å². The number of para-hydroxylation sites is 1. The van der Waals surface area contributed by atoms with Crippen LogP contribution in [0, 0.1) is 0 Å². The Kier molecular flexibility index (Phi) is 3.71. The van der Waals surface area contributed by atoms with Crippen molar-refractivity contribution in [3.63, 3.8) is 0 Å². The molecule has 0 atom stereocenters. The quantitative estimate of drug-likeness (QED) is 0.938. The van der Waals surface area contributed by atoms with Crippen LogP contribution < -0.4 is 5.56 Å². The van der Waals surface area contributed by atoms with Crippen LogP contribution in [0.3, 0.4) is 0 Å². The highest BCUT2D eigenvalue weighted by Gasteiger charge is 2.13. The summed E-state index contributed by atoms with van der Waals surface area (Å²) in [6.45, 7) is 2.14. The van der Waals surface area contributed by atoms with Gasteiger partial charge in [0.05, 0.1) is 11.1 Å². The van der Waals surface area contributed by atoms with Gasteiger partial charge in [-0.25, -0.2) is 4.79 Å². The van der Waals surface area contributed by atoms with E-state index in [1.54, 1.807) is 31.2 Å². The third kappa shape index (κ3) is 2.53. The average Bonchev–Trinajstić information content (AvgIpc) is 2.41. The summed E-state index contributed by atoms with van der Waals surface area (Å²) in [4.78, 5) is 23.2. The summed E-state index contributed by atoms with van der Waals surface area (Å²) in [5.74, 6) is -1.11. The minimum atomic E-state index is -1.11. The number of benzene rings is 1. The first-order valence-electron chi connectivity index (χ1n) is 5.66. The molecular weight excluding hydrogens is 266 g/mol. The summed E-state index contributed by atoms with van der Waals surface area (Å²) in [6, 6.07) is 8.07. The molecule has 0 saturated carbocycles. The molecule has 0 bridgehead atoms. The smallest absolute Gasteiger partial charge is 0.336 e. The molecule has 2 rings (SSSR count). The Balaban J connectivity index is 2.79. The van der Waals surface area contributed by atoms with Crippen LogP contribution in [0.5, 0.6) is 0 Å². The Bertz CT molecular complexity index is 731. The summed E-state index contributed by atoms with van der Waals surface area (Å²) >= 11 is 5.62. The van der Waals surface area contributed by atoms with Gasteiger partial charge in [-0.3, -0.25) is 4.79 Å². The van der Waals surface area contributed by atoms with E-state index in [1.165, 1.54) is 10.1 Å². The third-order valence-electron chi connectivity index (χ3n) is 2.84. The number of hydrogen-bond donors (Lipinski definition) is 1. The van der Waals surface area contributed by atoms with Crippen LogP contribution in [-0.4, -0.2) is 15.6 Å². The largest absolute Gasteiger partial charge is 0.478 e. The predicted octanol–water partition coefficient (Wildman–Crippen LogP) is 2.84. The lowest BCUT2D eigenvalue weighted by Gasteiger charge is -2.11. The number of hydrogen-bond acceptors (Lipinski definition) is 2. The maximum atomic E-state index is 12.0. The van der Waals surface area contributed by atoms with E-state index in [1.807, 2.05) is 0 Å². The van der Waals surface area contributed by atoms with Gasteiger partial charge in [-0.15, -0.1) is 0 Å². The second kappa shape index (κ2) is 5.28. The van der Waals surface area contributed by atoms with E-state index in [-0.39, 0.29) is 11.1 Å². The molecule has 0 spiro atoms. The molecule has 4 nitrogen and oxygen atoms in total. The molecule has 2 aromatic rings. The second-order valence-corrected chi connectivity index (χ2v) is 4.48. The Morgan fingerprint density at radius 1 is 1.42 bits per heavy atom. The van der Waals surface area contributed by atoms with E-state index in [0.717, 1.165) is 11.6 Å². The van der Waals surface area contributed by atoms with Crippen molar-refractivity contribution >= 4 is 28.5 Å². The number of fused-ring (bicyclic) bond motifs is 1. The van der Waals surface area contributed by atoms with Gasteiger partial charge in [0.1, 0.15) is 0 Å². The van der Waals surface area contributed by atoms with E-state index >= 15 is 0 Å². The fraction of sp³-hybridized carbons (Fsp3) is 0.143. The summed E-state index contributed by atoms with van der Waals surface area (Å²) in [6.07, 6.45) is 0. The van der Waals surface area contributed by atoms with Gasteiger partial charge in [0.2, 0.25) is 0 Å². The molecular formula is C14H12ClNO3. The fourth-order valence-corrected chi connectivity index (χ4v) is 2.03. The number of aromatic nitrogens is 1. The van der Waals surface area contributed by atoms with E-state index in [9.17, 15) is 9.59 Å². The molecule has 5 heteroatoms. The number of carbonyl (C=O) groups is 1. The van der Waals surface area contributed by atoms with Gasteiger partial charge < -0.3 is 9.67 Å². The van der Waals surface area contributed by atoms with E-state index in [4.69, 9.17) is 16.7 Å². The van der Waals surface area contributed by atoms with Crippen molar-refractivity contribution in [3.8, 4) is 0 Å². The number of carboxylic acid groups (broad SMARTS) is 1. The highest BCUT2D eigenvalue weighted by atomic mass is 35.5. The van der Waals surface area contributed by atoms with Crippen molar-refractivity contribution in [2.45, 2.75) is 13.5 Å². The molecule has 1 heterocycles. The third-order valence-corrected chi connectivity index (χ3v) is 3.22. The lowest BCUT2D eigenvalue weighted by atomic mass is 10.1. The standard InChI is InChI=1S/C14H12ClNO3/c1-9(7-15)8-16-12-5-3-2-4-10(12)11(14(18)19)6-13(16)17/h2-7H,8H2,1H3,(H,18,19)/b9-7-. The van der Waals surface area contributed by atoms with Crippen molar-refractivity contribution in [2.24, 2.45) is 0 Å². The van der Waals surface area contributed by atoms with Gasteiger partial charge in [-0.05, 0) is 18.6 Å². The minimum Gasteiger partial charge on any atom is -0.478 e. The Morgan fingerprint density at radius 2 is 2.11 bits per heavy atom. The van der Waals surface area contributed by atoms with Crippen molar-refractivity contribution in [1.29, 1.82) is 0 Å². The van der Waals surface area contributed by atoms with Crippen LogP contribution in [0.15, 0.2) is 46.2 Å². The SMILES string of the molecule is C/C(=C/Cl)Cn1c(=O)cc(C(=O)O)c2ccccc21. The molecule has 98 valence electrons. The molecule has 0 aliphatic rings. The van der Waals surface area contributed by atoms with Crippen molar-refractivity contribution in [2.75, 3.05) is 0 Å². The monoisotopic (exact) mass is 277 g/mol. The Morgan fingerprint density at radius 3 is 2.74 bits per heavy atom. The Hall–Kier alpha value is -2.07. The summed E-state index contributed by atoms with van der Waals surface area (Å²) in [7, 11) is 0. The molecule has 1 aromatic carbocycles. The lowest BCUT2D eigenvalue weighted by molar-refractivity contribution is 0.0699. The summed E-state index contributed by atoms with van der Waals surface area (Å²) in [5, 5.41) is 9.68. The number of pyridine rings is 1. The van der Waals surface area contributed by atoms with Gasteiger partial charge in [0.15, 0.2) is 0 Å². The summed E-state index contributed by atoms with van der Waals surface area (Å²) < 4.78 is 1.51. The zero-order chi connectivity index (χ0) is 14.0. The van der Waals surface area contributed by atoms with Crippen molar-refractivity contribution < 1.29 is 9.90 Å². The van der Waals surface area contributed by atoms with Crippen molar-refractivity contribution in [1.82, 2.24) is 4.57 Å². The molecule has 19 heavy (non-hydrogen) atoms. The van der Waals surface area contributed by atoms with E-state index < -0.39 is 5.97 Å². The van der Waals surface area contributed by atoms with Crippen LogP contribution in [-0.2, 0) is 6.54 Å². The van der Waals surface area contributed by atoms with Crippen LogP contribution in [0.1, 0.15) is 17.3 Å². The number of aromatic carboxylic acids is 1. The Labute approximate surface area is 114 Å². The summed E-state index contributed by atoms with van der Waals surface area (Å²) in [5.41, 5.74) is 2.48. The van der Waals surface area contributed by atoms with Crippen molar-refractivity contribution in [3.05, 3.63) is 57.4 Å². The van der Waals surface area contributed by atoms with Gasteiger partial charge >= 0.3 is 5.97 Å². The highest BCUT2D eigenvalue weighted by Crippen LogP contribution is 2.17. The lowest BCUT2D eigenvalue weighted by Crippen LogP contribution is -2.22. The molecule has 0 saturated heterocycles. The molecule has 1 aromatic heterocycles. The maximum absolute atomic E-state index is 12.0. The molecule has 0 unspecified atom stereocenters. The molecule has 0 radical (unpaired) electrons. The number of allylic oxidation sites excluding steroid dienone is 1.